The molecule has 1 aromatic rings. The van der Waals surface area contributed by atoms with Gasteiger partial charge in [-0.15, -0.1) is 0 Å². The van der Waals surface area contributed by atoms with Gasteiger partial charge in [-0.3, -0.25) is 9.48 Å². The van der Waals surface area contributed by atoms with Gasteiger partial charge in [0.1, 0.15) is 10.8 Å². The minimum atomic E-state index is -0.270. The lowest BCUT2D eigenvalue weighted by Gasteiger charge is -2.25. The first-order valence-corrected chi connectivity index (χ1v) is 6.97. The highest BCUT2D eigenvalue weighted by Crippen LogP contribution is 2.23. The number of anilines is 1. The molecule has 0 aliphatic heterocycles. The number of aromatic nitrogens is 2. The van der Waals surface area contributed by atoms with Crippen molar-refractivity contribution >= 4 is 29.0 Å². The molecule has 118 valence electrons. The number of carbonyl (C=O) groups excluding carboxylic acids is 1. The highest BCUT2D eigenvalue weighted by Gasteiger charge is 2.21. The summed E-state index contributed by atoms with van der Waals surface area (Å²) in [6.45, 7) is 3.45. The minimum Gasteiger partial charge on any atom is -0.469 e. The van der Waals surface area contributed by atoms with E-state index < -0.39 is 0 Å². The minimum absolute atomic E-state index is 0.265. The zero-order valence-corrected chi connectivity index (χ0v) is 13.7. The van der Waals surface area contributed by atoms with Gasteiger partial charge < -0.3 is 20.1 Å². The maximum absolute atomic E-state index is 11.4. The lowest BCUT2D eigenvalue weighted by Crippen LogP contribution is -2.33. The van der Waals surface area contributed by atoms with Crippen LogP contribution in [0.5, 0.6) is 0 Å². The van der Waals surface area contributed by atoms with Crippen LogP contribution in [-0.2, 0) is 21.3 Å². The van der Waals surface area contributed by atoms with E-state index in [2.05, 4.69) is 9.84 Å². The standard InChI is InChI=1S/C13H22N4O3S/c1-9-11(12(14)21)13(16(2)15-9)17(7-8-19-3)6-5-10(18)20-4/h5-8H2,1-4H3,(H2,14,21). The predicted molar refractivity (Wildman–Crippen MR) is 84.6 cm³/mol. The largest absolute Gasteiger partial charge is 0.469 e. The molecule has 0 radical (unpaired) electrons. The number of esters is 1. The van der Waals surface area contributed by atoms with Crippen molar-refractivity contribution in [2.24, 2.45) is 12.8 Å². The second-order valence-corrected chi connectivity index (χ2v) is 5.02. The number of aryl methyl sites for hydroxylation is 2. The van der Waals surface area contributed by atoms with Crippen LogP contribution in [0.15, 0.2) is 0 Å². The van der Waals surface area contributed by atoms with E-state index in [0.717, 1.165) is 17.1 Å². The molecule has 0 aliphatic rings. The Morgan fingerprint density at radius 2 is 2.10 bits per heavy atom. The van der Waals surface area contributed by atoms with Crippen LogP contribution in [0.25, 0.3) is 0 Å². The Morgan fingerprint density at radius 1 is 1.43 bits per heavy atom. The molecular weight excluding hydrogens is 292 g/mol. The smallest absolute Gasteiger partial charge is 0.307 e. The van der Waals surface area contributed by atoms with E-state index in [1.165, 1.54) is 7.11 Å². The Bertz CT molecular complexity index is 516. The fourth-order valence-corrected chi connectivity index (χ4v) is 2.39. The van der Waals surface area contributed by atoms with Crippen molar-refractivity contribution in [2.75, 3.05) is 38.8 Å². The predicted octanol–water partition coefficient (Wildman–Crippen LogP) is 0.379. The molecule has 0 bridgehead atoms. The summed E-state index contributed by atoms with van der Waals surface area (Å²) in [4.78, 5) is 13.6. The van der Waals surface area contributed by atoms with Gasteiger partial charge >= 0.3 is 5.97 Å². The van der Waals surface area contributed by atoms with Crippen LogP contribution in [0.4, 0.5) is 5.82 Å². The summed E-state index contributed by atoms with van der Waals surface area (Å²) in [5.74, 6) is 0.522. The van der Waals surface area contributed by atoms with E-state index in [4.69, 9.17) is 22.7 Å². The van der Waals surface area contributed by atoms with Gasteiger partial charge in [-0.05, 0) is 6.92 Å². The molecule has 0 aromatic carbocycles. The van der Waals surface area contributed by atoms with Gasteiger partial charge in [0.25, 0.3) is 0 Å². The molecule has 1 rings (SSSR count). The van der Waals surface area contributed by atoms with Gasteiger partial charge in [0, 0.05) is 27.2 Å². The van der Waals surface area contributed by atoms with Crippen LogP contribution in [0.2, 0.25) is 0 Å². The molecule has 1 aromatic heterocycles. The van der Waals surface area contributed by atoms with Gasteiger partial charge in [0.2, 0.25) is 0 Å². The van der Waals surface area contributed by atoms with Crippen molar-refractivity contribution in [1.82, 2.24) is 9.78 Å². The molecule has 8 heteroatoms. The van der Waals surface area contributed by atoms with Crippen molar-refractivity contribution in [1.29, 1.82) is 0 Å². The number of hydrogen-bond acceptors (Lipinski definition) is 6. The summed E-state index contributed by atoms with van der Waals surface area (Å²) in [5, 5.41) is 4.36. The van der Waals surface area contributed by atoms with E-state index >= 15 is 0 Å². The summed E-state index contributed by atoms with van der Waals surface area (Å²) < 4.78 is 11.5. The molecule has 0 saturated carbocycles. The summed E-state index contributed by atoms with van der Waals surface area (Å²) in [5.41, 5.74) is 7.30. The van der Waals surface area contributed by atoms with Crippen LogP contribution < -0.4 is 10.6 Å². The number of hydrogen-bond donors (Lipinski definition) is 1. The van der Waals surface area contributed by atoms with Crippen LogP contribution in [-0.4, -0.2) is 54.7 Å². The van der Waals surface area contributed by atoms with Gasteiger partial charge in [0.05, 0.1) is 31.4 Å². The molecule has 7 nitrogen and oxygen atoms in total. The molecule has 2 N–H and O–H groups in total. The second kappa shape index (κ2) is 7.94. The first-order valence-electron chi connectivity index (χ1n) is 6.56. The Hall–Kier alpha value is -1.67. The molecule has 0 fully saturated rings. The molecule has 0 unspecified atom stereocenters. The van der Waals surface area contributed by atoms with Crippen LogP contribution in [0.1, 0.15) is 17.7 Å². The third-order valence-electron chi connectivity index (χ3n) is 3.12. The fourth-order valence-electron chi connectivity index (χ4n) is 2.15. The summed E-state index contributed by atoms with van der Waals surface area (Å²) in [6.07, 6.45) is 0.265. The normalized spacial score (nSPS) is 10.5. The third kappa shape index (κ3) is 4.40. The highest BCUT2D eigenvalue weighted by atomic mass is 32.1. The van der Waals surface area contributed by atoms with E-state index in [9.17, 15) is 4.79 Å². The molecule has 0 amide bonds. The first-order chi connectivity index (χ1) is 9.92. The van der Waals surface area contributed by atoms with E-state index in [-0.39, 0.29) is 17.4 Å². The van der Waals surface area contributed by atoms with Crippen molar-refractivity contribution < 1.29 is 14.3 Å². The maximum Gasteiger partial charge on any atom is 0.307 e. The summed E-state index contributed by atoms with van der Waals surface area (Å²) in [6, 6.07) is 0. The topological polar surface area (TPSA) is 82.6 Å². The third-order valence-corrected chi connectivity index (χ3v) is 3.32. The summed E-state index contributed by atoms with van der Waals surface area (Å²) >= 11 is 5.12. The Morgan fingerprint density at radius 3 is 2.62 bits per heavy atom. The highest BCUT2D eigenvalue weighted by molar-refractivity contribution is 7.80. The zero-order valence-electron chi connectivity index (χ0n) is 12.9. The Kier molecular flexibility index (Phi) is 6.57. The van der Waals surface area contributed by atoms with Crippen LogP contribution in [0.3, 0.4) is 0 Å². The van der Waals surface area contributed by atoms with Crippen molar-refractivity contribution in [2.45, 2.75) is 13.3 Å². The Balaban J connectivity index is 3.07. The average molecular weight is 314 g/mol. The van der Waals surface area contributed by atoms with Gasteiger partial charge in [-0.2, -0.15) is 5.10 Å². The SMILES string of the molecule is COCCN(CCC(=O)OC)c1c(C(N)=S)c(C)nn1C. The zero-order chi connectivity index (χ0) is 16.0. The molecule has 0 saturated heterocycles. The molecule has 21 heavy (non-hydrogen) atoms. The quantitative estimate of drug-likeness (QED) is 0.548. The number of thiocarbonyl (C=S) groups is 1. The van der Waals surface area contributed by atoms with Crippen molar-refractivity contribution in [3.8, 4) is 0 Å². The summed E-state index contributed by atoms with van der Waals surface area (Å²) in [7, 11) is 4.82. The second-order valence-electron chi connectivity index (χ2n) is 4.58. The lowest BCUT2D eigenvalue weighted by molar-refractivity contribution is -0.140. The van der Waals surface area contributed by atoms with Crippen molar-refractivity contribution in [3.63, 3.8) is 0 Å². The first kappa shape index (κ1) is 17.4. The number of rotatable bonds is 8. The number of methoxy groups -OCH3 is 2. The van der Waals surface area contributed by atoms with Gasteiger partial charge in [0.15, 0.2) is 0 Å². The Labute approximate surface area is 130 Å². The van der Waals surface area contributed by atoms with Crippen LogP contribution >= 0.6 is 12.2 Å². The monoisotopic (exact) mass is 314 g/mol. The molecule has 0 spiro atoms. The molecule has 0 aliphatic carbocycles. The maximum atomic E-state index is 11.4. The van der Waals surface area contributed by atoms with Gasteiger partial charge in [-0.1, -0.05) is 12.2 Å². The van der Waals surface area contributed by atoms with Crippen LogP contribution in [0, 0.1) is 6.92 Å². The van der Waals surface area contributed by atoms with E-state index in [1.54, 1.807) is 11.8 Å². The lowest BCUT2D eigenvalue weighted by atomic mass is 10.2. The van der Waals surface area contributed by atoms with Gasteiger partial charge in [-0.25, -0.2) is 0 Å². The number of ether oxygens (including phenoxy) is 2. The van der Waals surface area contributed by atoms with E-state index in [1.807, 2.05) is 18.9 Å². The molecule has 1 heterocycles. The molecular formula is C13H22N4O3S. The number of nitrogens with two attached hydrogens (primary N) is 1. The van der Waals surface area contributed by atoms with Crippen molar-refractivity contribution in [3.05, 3.63) is 11.3 Å². The molecule has 0 atom stereocenters. The number of carbonyl (C=O) groups is 1. The average Bonchev–Trinajstić information content (AvgIpc) is 2.73. The van der Waals surface area contributed by atoms with E-state index in [0.29, 0.717) is 19.7 Å². The number of nitrogens with zero attached hydrogens (tertiary/aromatic N) is 3. The fraction of sp³-hybridized carbons (Fsp3) is 0.615.